The molecule has 0 aromatic heterocycles. The monoisotopic (exact) mass is 234 g/mol. The quantitative estimate of drug-likeness (QED) is 0.785. The Morgan fingerprint density at radius 2 is 2.18 bits per heavy atom. The SMILES string of the molecule is CN(C(=O)OCc1ccccc1)[C@H]1CNC1=O. The van der Waals surface area contributed by atoms with Crippen LogP contribution in [-0.2, 0) is 16.1 Å². The molecule has 1 saturated heterocycles. The molecule has 17 heavy (non-hydrogen) atoms. The van der Waals surface area contributed by atoms with E-state index in [4.69, 9.17) is 4.74 Å². The van der Waals surface area contributed by atoms with Gasteiger partial charge in [-0.15, -0.1) is 0 Å². The van der Waals surface area contributed by atoms with Gasteiger partial charge in [0.05, 0.1) is 0 Å². The Bertz CT molecular complexity index is 419. The Morgan fingerprint density at radius 3 is 2.71 bits per heavy atom. The third-order valence-corrected chi connectivity index (χ3v) is 2.73. The van der Waals surface area contributed by atoms with Crippen LogP contribution in [0.4, 0.5) is 4.79 Å². The Morgan fingerprint density at radius 1 is 1.47 bits per heavy atom. The van der Waals surface area contributed by atoms with Gasteiger partial charge in [-0.1, -0.05) is 30.3 Å². The lowest BCUT2D eigenvalue weighted by atomic mass is 10.1. The van der Waals surface area contributed by atoms with Crippen molar-refractivity contribution in [3.05, 3.63) is 35.9 Å². The second-order valence-corrected chi connectivity index (χ2v) is 3.91. The topological polar surface area (TPSA) is 58.6 Å². The molecule has 0 radical (unpaired) electrons. The second-order valence-electron chi connectivity index (χ2n) is 3.91. The molecule has 5 heteroatoms. The largest absolute Gasteiger partial charge is 0.445 e. The molecule has 1 N–H and O–H groups in total. The molecular weight excluding hydrogens is 220 g/mol. The number of nitrogens with zero attached hydrogens (tertiary/aromatic N) is 1. The van der Waals surface area contributed by atoms with Gasteiger partial charge in [0.2, 0.25) is 5.91 Å². The van der Waals surface area contributed by atoms with E-state index < -0.39 is 12.1 Å². The van der Waals surface area contributed by atoms with Gasteiger partial charge >= 0.3 is 6.09 Å². The lowest BCUT2D eigenvalue weighted by Crippen LogP contribution is -2.62. The number of β-lactam (4-membered cyclic amide) rings is 1. The Hall–Kier alpha value is -2.04. The van der Waals surface area contributed by atoms with Crippen LogP contribution in [0.1, 0.15) is 5.56 Å². The van der Waals surface area contributed by atoms with Gasteiger partial charge in [-0.05, 0) is 5.56 Å². The first kappa shape index (κ1) is 11.4. The fraction of sp³-hybridized carbons (Fsp3) is 0.333. The average molecular weight is 234 g/mol. The molecule has 90 valence electrons. The first-order valence-corrected chi connectivity index (χ1v) is 5.39. The van der Waals surface area contributed by atoms with Gasteiger partial charge in [0.25, 0.3) is 0 Å². The summed E-state index contributed by atoms with van der Waals surface area (Å²) in [4.78, 5) is 24.0. The number of benzene rings is 1. The van der Waals surface area contributed by atoms with Crippen molar-refractivity contribution in [3.63, 3.8) is 0 Å². The number of hydrogen-bond donors (Lipinski definition) is 1. The third-order valence-electron chi connectivity index (χ3n) is 2.73. The summed E-state index contributed by atoms with van der Waals surface area (Å²) < 4.78 is 5.10. The summed E-state index contributed by atoms with van der Waals surface area (Å²) in [7, 11) is 1.57. The van der Waals surface area contributed by atoms with Gasteiger partial charge in [0, 0.05) is 13.6 Å². The highest BCUT2D eigenvalue weighted by Gasteiger charge is 2.34. The molecule has 5 nitrogen and oxygen atoms in total. The molecule has 1 aromatic carbocycles. The summed E-state index contributed by atoms with van der Waals surface area (Å²) in [5, 5.41) is 2.58. The average Bonchev–Trinajstić information content (AvgIpc) is 2.35. The summed E-state index contributed by atoms with van der Waals surface area (Å²) in [5.74, 6) is -0.135. The van der Waals surface area contributed by atoms with E-state index >= 15 is 0 Å². The zero-order valence-corrected chi connectivity index (χ0v) is 9.55. The maximum Gasteiger partial charge on any atom is 0.410 e. The summed E-state index contributed by atoms with van der Waals surface area (Å²) in [6.07, 6.45) is -0.478. The summed E-state index contributed by atoms with van der Waals surface area (Å²) in [6, 6.07) is 9.03. The molecule has 1 fully saturated rings. The van der Waals surface area contributed by atoms with Crippen LogP contribution in [0.3, 0.4) is 0 Å². The van der Waals surface area contributed by atoms with E-state index in [1.807, 2.05) is 30.3 Å². The van der Waals surface area contributed by atoms with Crippen molar-refractivity contribution in [3.8, 4) is 0 Å². The molecule has 0 bridgehead atoms. The molecule has 0 aliphatic carbocycles. The van der Waals surface area contributed by atoms with Crippen molar-refractivity contribution >= 4 is 12.0 Å². The number of rotatable bonds is 3. The standard InChI is InChI=1S/C12H14N2O3/c1-14(10-7-13-11(10)15)12(16)17-8-9-5-3-2-4-6-9/h2-6,10H,7-8H2,1H3,(H,13,15)/t10-/m0/s1. The highest BCUT2D eigenvalue weighted by atomic mass is 16.6. The number of carbonyl (C=O) groups excluding carboxylic acids is 2. The van der Waals surface area contributed by atoms with Crippen molar-refractivity contribution in [2.45, 2.75) is 12.6 Å². The molecule has 0 spiro atoms. The summed E-state index contributed by atoms with van der Waals surface area (Å²) >= 11 is 0. The Kier molecular flexibility index (Phi) is 3.27. The van der Waals surface area contributed by atoms with E-state index in [1.54, 1.807) is 7.05 Å². The van der Waals surface area contributed by atoms with Crippen molar-refractivity contribution in [1.29, 1.82) is 0 Å². The molecule has 0 saturated carbocycles. The molecule has 0 unspecified atom stereocenters. The van der Waals surface area contributed by atoms with E-state index in [1.165, 1.54) is 4.90 Å². The first-order valence-electron chi connectivity index (χ1n) is 5.39. The van der Waals surface area contributed by atoms with Crippen LogP contribution >= 0.6 is 0 Å². The number of hydrogen-bond acceptors (Lipinski definition) is 3. The van der Waals surface area contributed by atoms with Gasteiger partial charge < -0.3 is 10.1 Å². The smallest absolute Gasteiger partial charge is 0.410 e. The molecule has 2 rings (SSSR count). The minimum atomic E-state index is -0.478. The van der Waals surface area contributed by atoms with E-state index in [0.29, 0.717) is 6.54 Å². The van der Waals surface area contributed by atoms with Crippen molar-refractivity contribution in [2.75, 3.05) is 13.6 Å². The van der Waals surface area contributed by atoms with Crippen LogP contribution in [0.2, 0.25) is 0 Å². The lowest BCUT2D eigenvalue weighted by Gasteiger charge is -2.33. The van der Waals surface area contributed by atoms with Crippen molar-refractivity contribution in [1.82, 2.24) is 10.2 Å². The zero-order chi connectivity index (χ0) is 12.3. The van der Waals surface area contributed by atoms with E-state index in [0.717, 1.165) is 5.56 Å². The number of carbonyl (C=O) groups is 2. The van der Waals surface area contributed by atoms with E-state index in [2.05, 4.69) is 5.32 Å². The molecular formula is C12H14N2O3. The van der Waals surface area contributed by atoms with Gasteiger partial charge in [0.1, 0.15) is 12.6 Å². The number of likely N-dealkylation sites (N-methyl/N-ethyl adjacent to an activating group) is 1. The van der Waals surface area contributed by atoms with Crippen LogP contribution in [-0.4, -0.2) is 36.5 Å². The molecule has 2 amide bonds. The highest BCUT2D eigenvalue weighted by molar-refractivity contribution is 5.90. The van der Waals surface area contributed by atoms with Crippen LogP contribution in [0.15, 0.2) is 30.3 Å². The molecule has 1 aliphatic rings. The zero-order valence-electron chi connectivity index (χ0n) is 9.55. The Balaban J connectivity index is 1.83. The van der Waals surface area contributed by atoms with Gasteiger partial charge in [-0.2, -0.15) is 0 Å². The van der Waals surface area contributed by atoms with Crippen molar-refractivity contribution in [2.24, 2.45) is 0 Å². The molecule has 1 aromatic rings. The first-order chi connectivity index (χ1) is 8.18. The summed E-state index contributed by atoms with van der Waals surface area (Å²) in [5.41, 5.74) is 0.923. The van der Waals surface area contributed by atoms with Crippen LogP contribution in [0, 0.1) is 0 Å². The van der Waals surface area contributed by atoms with E-state index in [-0.39, 0.29) is 12.5 Å². The van der Waals surface area contributed by atoms with Crippen LogP contribution in [0.25, 0.3) is 0 Å². The van der Waals surface area contributed by atoms with Gasteiger partial charge in [0.15, 0.2) is 0 Å². The maximum absolute atomic E-state index is 11.6. The minimum absolute atomic E-state index is 0.135. The second kappa shape index (κ2) is 4.86. The number of amides is 2. The van der Waals surface area contributed by atoms with Crippen LogP contribution in [0.5, 0.6) is 0 Å². The lowest BCUT2D eigenvalue weighted by molar-refractivity contribution is -0.131. The minimum Gasteiger partial charge on any atom is -0.445 e. The molecule has 1 atom stereocenters. The summed E-state index contributed by atoms with van der Waals surface area (Å²) in [6.45, 7) is 0.716. The predicted octanol–water partition coefficient (Wildman–Crippen LogP) is 0.753. The maximum atomic E-state index is 11.6. The van der Waals surface area contributed by atoms with Crippen molar-refractivity contribution < 1.29 is 14.3 Å². The molecule has 1 heterocycles. The number of ether oxygens (including phenoxy) is 1. The Labute approximate surface area is 99.4 Å². The molecule has 1 aliphatic heterocycles. The predicted molar refractivity (Wildman–Crippen MR) is 61.2 cm³/mol. The van der Waals surface area contributed by atoms with Gasteiger partial charge in [-0.3, -0.25) is 9.69 Å². The fourth-order valence-corrected chi connectivity index (χ4v) is 1.54. The van der Waals surface area contributed by atoms with Crippen LogP contribution < -0.4 is 5.32 Å². The number of nitrogens with one attached hydrogen (secondary N) is 1. The normalized spacial score (nSPS) is 17.9. The fourth-order valence-electron chi connectivity index (χ4n) is 1.54. The third kappa shape index (κ3) is 2.55. The van der Waals surface area contributed by atoms with E-state index in [9.17, 15) is 9.59 Å². The van der Waals surface area contributed by atoms with Gasteiger partial charge in [-0.25, -0.2) is 4.79 Å². The highest BCUT2D eigenvalue weighted by Crippen LogP contribution is 2.08.